The van der Waals surface area contributed by atoms with Crippen molar-refractivity contribution in [2.45, 2.75) is 6.61 Å². The van der Waals surface area contributed by atoms with E-state index in [2.05, 4.69) is 27.7 Å². The smallest absolute Gasteiger partial charge is 0.282 e. The van der Waals surface area contributed by atoms with E-state index in [1.165, 1.54) is 4.68 Å². The fraction of sp³-hybridized carbons (Fsp3) is 0.0645. The number of hydrogen-bond acceptors (Lipinski definition) is 7. The van der Waals surface area contributed by atoms with Crippen molar-refractivity contribution in [3.8, 4) is 28.8 Å². The minimum absolute atomic E-state index is 0.238. The molecule has 1 aliphatic rings. The van der Waals surface area contributed by atoms with Crippen LogP contribution in [0.3, 0.4) is 0 Å². The van der Waals surface area contributed by atoms with Crippen LogP contribution in [0.1, 0.15) is 11.1 Å². The molecule has 2 aromatic heterocycles. The number of furan rings is 1. The number of aromatic nitrogens is 2. The number of nitrogens with zero attached hydrogens (tertiary/aromatic N) is 3. The first-order valence-electron chi connectivity index (χ1n) is 12.5. The van der Waals surface area contributed by atoms with Crippen molar-refractivity contribution in [2.75, 3.05) is 6.79 Å². The van der Waals surface area contributed by atoms with Crippen LogP contribution in [0.25, 0.3) is 33.5 Å². The molecule has 1 aliphatic heterocycles. The number of halogens is 1. The Balaban J connectivity index is 1.19. The summed E-state index contributed by atoms with van der Waals surface area (Å²) in [5.74, 6) is 2.99. The highest BCUT2D eigenvalue weighted by Crippen LogP contribution is 2.33. The molecule has 0 N–H and O–H groups in total. The number of hydrogen-bond donors (Lipinski definition) is 0. The SMILES string of the molecule is O=c1c2ccccc2nc(-c2cc3ccccc3o2)n1N=Cc1ccc(OCc2ccc3c(c2)OCO3)c(I)c1. The molecule has 0 spiro atoms. The van der Waals surface area contributed by atoms with Crippen LogP contribution in [-0.2, 0) is 6.61 Å². The number of rotatable bonds is 6. The lowest BCUT2D eigenvalue weighted by atomic mass is 10.2. The van der Waals surface area contributed by atoms with Crippen LogP contribution in [-0.4, -0.2) is 22.7 Å². The third kappa shape index (κ3) is 4.58. The first kappa shape index (κ1) is 24.4. The second-order valence-corrected chi connectivity index (χ2v) is 10.3. The molecule has 0 aliphatic carbocycles. The monoisotopic (exact) mass is 641 g/mol. The van der Waals surface area contributed by atoms with Gasteiger partial charge in [-0.2, -0.15) is 9.78 Å². The molecule has 9 heteroatoms. The minimum atomic E-state index is -0.282. The van der Waals surface area contributed by atoms with E-state index in [4.69, 9.17) is 23.6 Å². The van der Waals surface area contributed by atoms with Crippen molar-refractivity contribution in [1.29, 1.82) is 0 Å². The number of ether oxygens (including phenoxy) is 3. The maximum Gasteiger partial charge on any atom is 0.282 e. The van der Waals surface area contributed by atoms with E-state index >= 15 is 0 Å². The van der Waals surface area contributed by atoms with Gasteiger partial charge in [-0.3, -0.25) is 4.79 Å². The van der Waals surface area contributed by atoms with Crippen molar-refractivity contribution in [1.82, 2.24) is 9.66 Å². The van der Waals surface area contributed by atoms with Crippen molar-refractivity contribution in [3.05, 3.63) is 116 Å². The molecular formula is C31H20IN3O5. The van der Waals surface area contributed by atoms with Crippen molar-refractivity contribution < 1.29 is 18.6 Å². The summed E-state index contributed by atoms with van der Waals surface area (Å²) in [5, 5.41) is 5.95. The molecule has 196 valence electrons. The Morgan fingerprint density at radius 3 is 2.70 bits per heavy atom. The molecule has 40 heavy (non-hydrogen) atoms. The Hall–Kier alpha value is -4.64. The molecule has 0 bridgehead atoms. The molecule has 6 aromatic rings. The first-order chi connectivity index (χ1) is 19.6. The van der Waals surface area contributed by atoms with Gasteiger partial charge in [-0.05, 0) is 88.3 Å². The molecule has 0 atom stereocenters. The predicted molar refractivity (Wildman–Crippen MR) is 160 cm³/mol. The second kappa shape index (κ2) is 10.2. The van der Waals surface area contributed by atoms with Gasteiger partial charge in [0.25, 0.3) is 5.56 Å². The highest BCUT2D eigenvalue weighted by molar-refractivity contribution is 14.1. The molecule has 7 rings (SSSR count). The van der Waals surface area contributed by atoms with Crippen molar-refractivity contribution in [2.24, 2.45) is 5.10 Å². The van der Waals surface area contributed by atoms with Crippen LogP contribution in [0.5, 0.6) is 17.2 Å². The Kier molecular flexibility index (Phi) is 6.20. The molecule has 8 nitrogen and oxygen atoms in total. The second-order valence-electron chi connectivity index (χ2n) is 9.13. The van der Waals surface area contributed by atoms with E-state index in [9.17, 15) is 4.79 Å². The van der Waals surface area contributed by atoms with Gasteiger partial charge in [0.1, 0.15) is 17.9 Å². The summed E-state index contributed by atoms with van der Waals surface area (Å²) in [4.78, 5) is 18.2. The minimum Gasteiger partial charge on any atom is -0.488 e. The Morgan fingerprint density at radius 2 is 1.80 bits per heavy atom. The molecule has 0 saturated carbocycles. The Morgan fingerprint density at radius 1 is 0.950 bits per heavy atom. The van der Waals surface area contributed by atoms with Gasteiger partial charge in [0.05, 0.1) is 20.7 Å². The van der Waals surface area contributed by atoms with Crippen LogP contribution < -0.4 is 19.8 Å². The predicted octanol–water partition coefficient (Wildman–Crippen LogP) is 6.60. The van der Waals surface area contributed by atoms with Gasteiger partial charge in [-0.1, -0.05) is 36.4 Å². The van der Waals surface area contributed by atoms with Gasteiger partial charge in [-0.25, -0.2) is 4.98 Å². The molecule has 0 saturated heterocycles. The maximum atomic E-state index is 13.5. The van der Waals surface area contributed by atoms with E-state index in [1.807, 2.05) is 84.9 Å². The summed E-state index contributed by atoms with van der Waals surface area (Å²) >= 11 is 2.23. The lowest BCUT2D eigenvalue weighted by Gasteiger charge is -2.10. The quantitative estimate of drug-likeness (QED) is 0.150. The summed E-state index contributed by atoms with van der Waals surface area (Å²) in [6, 6.07) is 28.2. The lowest BCUT2D eigenvalue weighted by molar-refractivity contribution is 0.174. The number of benzene rings is 4. The standard InChI is InChI=1S/C31H20IN3O5/c32-23-13-19(9-11-26(23)37-17-20-10-12-27-28(14-20)39-18-38-27)16-33-35-30(29-15-21-5-1-4-8-25(21)40-29)34-24-7-3-2-6-22(24)31(35)36/h1-16H,17-18H2. The van der Waals surface area contributed by atoms with Gasteiger partial charge in [0, 0.05) is 5.39 Å². The molecule has 0 unspecified atom stereocenters. The molecule has 0 amide bonds. The fourth-order valence-corrected chi connectivity index (χ4v) is 5.21. The maximum absolute atomic E-state index is 13.5. The van der Waals surface area contributed by atoms with Crippen LogP contribution in [0.15, 0.2) is 105 Å². The highest BCUT2D eigenvalue weighted by atomic mass is 127. The van der Waals surface area contributed by atoms with E-state index in [1.54, 1.807) is 12.3 Å². The molecule has 4 aromatic carbocycles. The third-order valence-electron chi connectivity index (χ3n) is 6.51. The number of para-hydroxylation sites is 2. The van der Waals surface area contributed by atoms with E-state index in [-0.39, 0.29) is 12.4 Å². The summed E-state index contributed by atoms with van der Waals surface area (Å²) in [5.41, 5.74) is 2.78. The van der Waals surface area contributed by atoms with E-state index < -0.39 is 0 Å². The van der Waals surface area contributed by atoms with Crippen LogP contribution in [0.4, 0.5) is 0 Å². The van der Waals surface area contributed by atoms with Crippen LogP contribution in [0.2, 0.25) is 0 Å². The highest BCUT2D eigenvalue weighted by Gasteiger charge is 2.17. The zero-order chi connectivity index (χ0) is 27.1. The summed E-state index contributed by atoms with van der Waals surface area (Å²) in [7, 11) is 0. The van der Waals surface area contributed by atoms with Crippen LogP contribution >= 0.6 is 22.6 Å². The normalized spacial score (nSPS) is 12.5. The number of fused-ring (bicyclic) bond motifs is 3. The van der Waals surface area contributed by atoms with Gasteiger partial charge >= 0.3 is 0 Å². The average Bonchev–Trinajstić information content (AvgIpc) is 3.63. The van der Waals surface area contributed by atoms with E-state index in [0.717, 1.165) is 37.3 Å². The largest absolute Gasteiger partial charge is 0.488 e. The average molecular weight is 641 g/mol. The molecule has 0 fully saturated rings. The van der Waals surface area contributed by atoms with Gasteiger partial charge in [-0.15, -0.1) is 0 Å². The zero-order valence-electron chi connectivity index (χ0n) is 20.9. The topological polar surface area (TPSA) is 88.1 Å². The molecule has 0 radical (unpaired) electrons. The van der Waals surface area contributed by atoms with Crippen molar-refractivity contribution >= 4 is 50.7 Å². The summed E-state index contributed by atoms with van der Waals surface area (Å²) in [6.45, 7) is 0.626. The molecule has 3 heterocycles. The third-order valence-corrected chi connectivity index (χ3v) is 7.35. The first-order valence-corrected chi connectivity index (χ1v) is 13.6. The Labute approximate surface area is 241 Å². The van der Waals surface area contributed by atoms with Crippen molar-refractivity contribution in [3.63, 3.8) is 0 Å². The zero-order valence-corrected chi connectivity index (χ0v) is 23.1. The van der Waals surface area contributed by atoms with E-state index in [0.29, 0.717) is 34.7 Å². The fourth-order valence-electron chi connectivity index (χ4n) is 4.51. The lowest BCUT2D eigenvalue weighted by Crippen LogP contribution is -2.20. The summed E-state index contributed by atoms with van der Waals surface area (Å²) < 4.78 is 25.1. The van der Waals surface area contributed by atoms with Gasteiger partial charge in [0.15, 0.2) is 17.3 Å². The Bertz CT molecular complexity index is 1960. The van der Waals surface area contributed by atoms with Crippen LogP contribution in [0, 0.1) is 3.57 Å². The molecular weight excluding hydrogens is 621 g/mol. The summed E-state index contributed by atoms with van der Waals surface area (Å²) in [6.07, 6.45) is 1.63. The van der Waals surface area contributed by atoms with Gasteiger partial charge < -0.3 is 18.6 Å². The van der Waals surface area contributed by atoms with Gasteiger partial charge in [0.2, 0.25) is 12.6 Å².